The van der Waals surface area contributed by atoms with Crippen LogP contribution in [0.1, 0.15) is 25.3 Å². The number of ether oxygens (including phenoxy) is 1. The van der Waals surface area contributed by atoms with Gasteiger partial charge in [0.2, 0.25) is 0 Å². The van der Waals surface area contributed by atoms with Crippen LogP contribution in [0.3, 0.4) is 0 Å². The quantitative estimate of drug-likeness (QED) is 0.448. The monoisotopic (exact) mass is 400 g/mol. The highest BCUT2D eigenvalue weighted by Gasteiger charge is 2.24. The minimum Gasteiger partial charge on any atom is -0.465 e. The maximum atomic E-state index is 10.9. The molecule has 0 atom stereocenters. The highest BCUT2D eigenvalue weighted by Crippen LogP contribution is 2.41. The lowest BCUT2D eigenvalue weighted by Gasteiger charge is -2.30. The van der Waals surface area contributed by atoms with Crippen molar-refractivity contribution in [3.63, 3.8) is 0 Å². The summed E-state index contributed by atoms with van der Waals surface area (Å²) in [6.45, 7) is 0. The smallest absolute Gasteiger partial charge is 0.409 e. The molecule has 2 heterocycles. The fourth-order valence-corrected chi connectivity index (χ4v) is 3.82. The molecule has 150 valence electrons. The van der Waals surface area contributed by atoms with Gasteiger partial charge >= 0.3 is 12.1 Å². The number of nitrogens with one attached hydrogen (secondary N) is 1. The Hall–Kier alpha value is -3.87. The Bertz CT molecular complexity index is 1200. The van der Waals surface area contributed by atoms with Crippen molar-refractivity contribution in [2.75, 3.05) is 5.32 Å². The molecule has 7 nitrogen and oxygen atoms in total. The molecule has 30 heavy (non-hydrogen) atoms. The number of carboxylic acid groups (broad SMARTS) is 1. The SMILES string of the molecule is O=C(O)Nc1ccc(-c2cc3ccc(Oc4ncccn4)cc3n2C2CCC2)cc1. The van der Waals surface area contributed by atoms with E-state index >= 15 is 0 Å². The molecule has 1 fully saturated rings. The van der Waals surface area contributed by atoms with Crippen molar-refractivity contribution in [2.45, 2.75) is 25.3 Å². The minimum absolute atomic E-state index is 0.320. The molecule has 0 unspecified atom stereocenters. The number of hydrogen-bond acceptors (Lipinski definition) is 4. The van der Waals surface area contributed by atoms with Crippen molar-refractivity contribution >= 4 is 22.7 Å². The van der Waals surface area contributed by atoms with Crippen molar-refractivity contribution in [1.29, 1.82) is 0 Å². The van der Waals surface area contributed by atoms with E-state index in [2.05, 4.69) is 25.9 Å². The minimum atomic E-state index is -1.07. The molecular weight excluding hydrogens is 380 g/mol. The van der Waals surface area contributed by atoms with E-state index < -0.39 is 6.09 Å². The average molecular weight is 400 g/mol. The summed E-state index contributed by atoms with van der Waals surface area (Å²) in [5.74, 6) is 0.694. The van der Waals surface area contributed by atoms with E-state index in [0.717, 1.165) is 35.0 Å². The lowest BCUT2D eigenvalue weighted by molar-refractivity contribution is 0.209. The van der Waals surface area contributed by atoms with E-state index in [1.54, 1.807) is 30.6 Å². The van der Waals surface area contributed by atoms with E-state index in [1.807, 2.05) is 30.3 Å². The maximum Gasteiger partial charge on any atom is 0.409 e. The van der Waals surface area contributed by atoms with Gasteiger partial charge in [-0.15, -0.1) is 0 Å². The third kappa shape index (κ3) is 3.45. The summed E-state index contributed by atoms with van der Waals surface area (Å²) in [6, 6.07) is 18.2. The number of anilines is 1. The number of benzene rings is 2. The lowest BCUT2D eigenvalue weighted by Crippen LogP contribution is -2.17. The van der Waals surface area contributed by atoms with Crippen molar-refractivity contribution in [3.05, 3.63) is 67.0 Å². The van der Waals surface area contributed by atoms with Gasteiger partial charge in [-0.3, -0.25) is 5.32 Å². The predicted octanol–water partition coefficient (Wildman–Crippen LogP) is 5.71. The molecule has 0 spiro atoms. The van der Waals surface area contributed by atoms with E-state index in [4.69, 9.17) is 9.84 Å². The van der Waals surface area contributed by atoms with Gasteiger partial charge in [0.25, 0.3) is 0 Å². The van der Waals surface area contributed by atoms with Gasteiger partial charge < -0.3 is 14.4 Å². The molecule has 1 saturated carbocycles. The predicted molar refractivity (Wildman–Crippen MR) is 114 cm³/mol. The number of carbonyl (C=O) groups is 1. The molecular formula is C23H20N4O3. The van der Waals surface area contributed by atoms with Crippen LogP contribution in [-0.4, -0.2) is 25.7 Å². The normalized spacial score (nSPS) is 13.7. The number of nitrogens with zero attached hydrogens (tertiary/aromatic N) is 3. The summed E-state index contributed by atoms with van der Waals surface area (Å²) in [5.41, 5.74) is 3.82. The maximum absolute atomic E-state index is 10.9. The van der Waals surface area contributed by atoms with Crippen molar-refractivity contribution in [2.24, 2.45) is 0 Å². The molecule has 7 heteroatoms. The molecule has 1 aliphatic rings. The Kier molecular flexibility index (Phi) is 4.55. The lowest BCUT2D eigenvalue weighted by atomic mass is 9.92. The van der Waals surface area contributed by atoms with Crippen LogP contribution in [-0.2, 0) is 0 Å². The first kappa shape index (κ1) is 18.2. The standard InChI is InChI=1S/C23H20N4O3/c28-23(29)26-17-8-5-15(6-9-17)20-13-16-7-10-19(30-22-24-11-2-12-25-22)14-21(16)27(20)18-3-1-4-18/h2,5-14,18,26H,1,3-4H2,(H,28,29). The third-order valence-electron chi connectivity index (χ3n) is 5.44. The Labute approximate surface area is 173 Å². The molecule has 2 aromatic carbocycles. The van der Waals surface area contributed by atoms with Crippen LogP contribution in [0.4, 0.5) is 10.5 Å². The summed E-state index contributed by atoms with van der Waals surface area (Å²) in [5, 5.41) is 12.4. The molecule has 2 aromatic heterocycles. The van der Waals surface area contributed by atoms with Crippen LogP contribution >= 0.6 is 0 Å². The second kappa shape index (κ2) is 7.51. The van der Waals surface area contributed by atoms with Crippen molar-refractivity contribution in [1.82, 2.24) is 14.5 Å². The molecule has 0 radical (unpaired) electrons. The summed E-state index contributed by atoms with van der Waals surface area (Å²) in [7, 11) is 0. The summed E-state index contributed by atoms with van der Waals surface area (Å²) < 4.78 is 8.21. The number of amides is 1. The molecule has 0 aliphatic heterocycles. The highest BCUT2D eigenvalue weighted by molar-refractivity contribution is 5.89. The van der Waals surface area contributed by atoms with Gasteiger partial charge in [0.15, 0.2) is 0 Å². The summed E-state index contributed by atoms with van der Waals surface area (Å²) in [4.78, 5) is 19.1. The zero-order chi connectivity index (χ0) is 20.5. The third-order valence-corrected chi connectivity index (χ3v) is 5.44. The first-order valence-corrected chi connectivity index (χ1v) is 9.87. The summed E-state index contributed by atoms with van der Waals surface area (Å²) in [6.07, 6.45) is 5.74. The average Bonchev–Trinajstić information content (AvgIpc) is 3.06. The second-order valence-electron chi connectivity index (χ2n) is 7.35. The Morgan fingerprint density at radius 3 is 2.50 bits per heavy atom. The molecule has 0 bridgehead atoms. The zero-order valence-electron chi connectivity index (χ0n) is 16.2. The summed E-state index contributed by atoms with van der Waals surface area (Å²) >= 11 is 0. The Morgan fingerprint density at radius 1 is 1.07 bits per heavy atom. The van der Waals surface area contributed by atoms with E-state index in [0.29, 0.717) is 23.5 Å². The molecule has 1 amide bonds. The van der Waals surface area contributed by atoms with Crippen molar-refractivity contribution < 1.29 is 14.6 Å². The number of rotatable bonds is 5. The Morgan fingerprint density at radius 2 is 1.83 bits per heavy atom. The zero-order valence-corrected chi connectivity index (χ0v) is 16.2. The first-order valence-electron chi connectivity index (χ1n) is 9.87. The van der Waals surface area contributed by atoms with Crippen LogP contribution in [0.25, 0.3) is 22.2 Å². The highest BCUT2D eigenvalue weighted by atomic mass is 16.5. The van der Waals surface area contributed by atoms with Crippen LogP contribution in [0.5, 0.6) is 11.8 Å². The van der Waals surface area contributed by atoms with E-state index in [1.165, 1.54) is 6.42 Å². The molecule has 1 aliphatic carbocycles. The van der Waals surface area contributed by atoms with Crippen LogP contribution in [0.2, 0.25) is 0 Å². The topological polar surface area (TPSA) is 89.3 Å². The van der Waals surface area contributed by atoms with Crippen LogP contribution in [0.15, 0.2) is 67.0 Å². The van der Waals surface area contributed by atoms with Gasteiger partial charge in [0.1, 0.15) is 5.75 Å². The van der Waals surface area contributed by atoms with Gasteiger partial charge in [-0.1, -0.05) is 12.1 Å². The van der Waals surface area contributed by atoms with E-state index in [9.17, 15) is 4.79 Å². The first-order chi connectivity index (χ1) is 14.7. The van der Waals surface area contributed by atoms with Gasteiger partial charge in [-0.2, -0.15) is 0 Å². The van der Waals surface area contributed by atoms with Gasteiger partial charge in [-0.05, 0) is 61.2 Å². The fourth-order valence-electron chi connectivity index (χ4n) is 3.82. The largest absolute Gasteiger partial charge is 0.465 e. The van der Waals surface area contributed by atoms with Gasteiger partial charge in [0, 0.05) is 41.3 Å². The Balaban J connectivity index is 1.55. The van der Waals surface area contributed by atoms with Crippen molar-refractivity contribution in [3.8, 4) is 23.0 Å². The molecule has 0 saturated heterocycles. The van der Waals surface area contributed by atoms with Gasteiger partial charge in [-0.25, -0.2) is 14.8 Å². The van der Waals surface area contributed by atoms with Crippen LogP contribution < -0.4 is 10.1 Å². The molecule has 2 N–H and O–H groups in total. The number of fused-ring (bicyclic) bond motifs is 1. The molecule has 5 rings (SSSR count). The van der Waals surface area contributed by atoms with Gasteiger partial charge in [0.05, 0.1) is 5.52 Å². The second-order valence-corrected chi connectivity index (χ2v) is 7.35. The molecule has 4 aromatic rings. The fraction of sp³-hybridized carbons (Fsp3) is 0.174. The van der Waals surface area contributed by atoms with Crippen LogP contribution in [0, 0.1) is 0 Å². The number of hydrogen-bond donors (Lipinski definition) is 2. The number of aromatic nitrogens is 3. The van der Waals surface area contributed by atoms with E-state index in [-0.39, 0.29) is 0 Å².